The van der Waals surface area contributed by atoms with Crippen LogP contribution in [0.5, 0.6) is 0 Å². The molecule has 0 radical (unpaired) electrons. The summed E-state index contributed by atoms with van der Waals surface area (Å²) >= 11 is 1.66. The van der Waals surface area contributed by atoms with Gasteiger partial charge in [0, 0.05) is 35.0 Å². The highest BCUT2D eigenvalue weighted by Gasteiger charge is 2.36. The first-order valence-corrected chi connectivity index (χ1v) is 10.9. The number of aromatic amines is 1. The Kier molecular flexibility index (Phi) is 4.00. The molecule has 4 heterocycles. The van der Waals surface area contributed by atoms with Crippen LogP contribution in [-0.4, -0.2) is 55.3 Å². The molecule has 1 saturated heterocycles. The molecule has 1 aromatic carbocycles. The molecule has 8 nitrogen and oxygen atoms in total. The van der Waals surface area contributed by atoms with E-state index in [0.29, 0.717) is 13.1 Å². The summed E-state index contributed by atoms with van der Waals surface area (Å²) in [5.41, 5.74) is 3.20. The van der Waals surface area contributed by atoms with Crippen LogP contribution in [0, 0.1) is 5.92 Å². The molecule has 0 spiro atoms. The molecule has 3 N–H and O–H groups in total. The van der Waals surface area contributed by atoms with Crippen LogP contribution in [0.25, 0.3) is 21.1 Å². The number of nitrogens with zero attached hydrogens (tertiary/aromatic N) is 4. The second-order valence-electron chi connectivity index (χ2n) is 8.04. The number of carbonyl (C=O) groups excluding carboxylic acids is 1. The molecule has 0 saturated carbocycles. The lowest BCUT2D eigenvalue weighted by atomic mass is 9.86. The zero-order valence-electron chi connectivity index (χ0n) is 16.1. The standard InChI is InChI=1S/C21H20N6O2S/c28-14-8-27(9-14)21(29)11-1-3-15-17(6-11)30-20-18(15)19(22-10-23-20)25-13-2-4-16-12(5-13)7-24-26-16/h2,4-5,7,10-11,14,28H,1,3,6,8-9H2,(H,24,26)(H,22,23,25). The number of hydrogen-bond donors (Lipinski definition) is 3. The van der Waals surface area contributed by atoms with E-state index in [1.165, 1.54) is 10.4 Å². The number of aryl methyl sites for hydroxylation is 1. The Hall–Kier alpha value is -3.04. The Morgan fingerprint density at radius 2 is 2.20 bits per heavy atom. The molecule has 6 rings (SSSR count). The minimum atomic E-state index is -0.359. The summed E-state index contributed by atoms with van der Waals surface area (Å²) in [6.45, 7) is 0.935. The van der Waals surface area contributed by atoms with Gasteiger partial charge >= 0.3 is 0 Å². The number of fused-ring (bicyclic) bond motifs is 4. The number of β-amino-alcohol motifs (C(OH)–C–C–N with tert-alkyl or cyclic N) is 1. The summed E-state index contributed by atoms with van der Waals surface area (Å²) in [7, 11) is 0. The summed E-state index contributed by atoms with van der Waals surface area (Å²) in [4.78, 5) is 25.7. The lowest BCUT2D eigenvalue weighted by Crippen LogP contribution is -2.55. The molecule has 0 bridgehead atoms. The fourth-order valence-corrected chi connectivity index (χ4v) is 5.73. The third-order valence-corrected chi connectivity index (χ3v) is 7.23. The first-order chi connectivity index (χ1) is 14.7. The highest BCUT2D eigenvalue weighted by Crippen LogP contribution is 2.41. The van der Waals surface area contributed by atoms with Crippen molar-refractivity contribution in [2.45, 2.75) is 25.4 Å². The number of H-pyrrole nitrogens is 1. The van der Waals surface area contributed by atoms with Gasteiger partial charge < -0.3 is 15.3 Å². The van der Waals surface area contributed by atoms with Gasteiger partial charge in [0.15, 0.2) is 0 Å². The Labute approximate surface area is 176 Å². The second-order valence-corrected chi connectivity index (χ2v) is 9.12. The number of hydrogen-bond acceptors (Lipinski definition) is 7. The molecule has 1 aliphatic carbocycles. The van der Waals surface area contributed by atoms with Crippen LogP contribution in [0.4, 0.5) is 11.5 Å². The molecule has 1 atom stereocenters. The predicted octanol–water partition coefficient (Wildman–Crippen LogP) is 2.62. The average molecular weight is 420 g/mol. The summed E-state index contributed by atoms with van der Waals surface area (Å²) in [5.74, 6) is 0.961. The molecular formula is C21H20N6O2S. The van der Waals surface area contributed by atoms with Gasteiger partial charge in [0.25, 0.3) is 0 Å². The van der Waals surface area contributed by atoms with E-state index in [4.69, 9.17) is 0 Å². The van der Waals surface area contributed by atoms with Crippen molar-refractivity contribution in [1.82, 2.24) is 25.1 Å². The predicted molar refractivity (Wildman–Crippen MR) is 115 cm³/mol. The van der Waals surface area contributed by atoms with Crippen LogP contribution >= 0.6 is 11.3 Å². The Morgan fingerprint density at radius 1 is 1.30 bits per heavy atom. The Balaban J connectivity index is 1.31. The first-order valence-electron chi connectivity index (χ1n) is 10.1. The molecule has 1 aliphatic heterocycles. The van der Waals surface area contributed by atoms with Gasteiger partial charge in [0.2, 0.25) is 5.91 Å². The van der Waals surface area contributed by atoms with Gasteiger partial charge in [-0.05, 0) is 43.0 Å². The normalized spacial score (nSPS) is 19.1. The summed E-state index contributed by atoms with van der Waals surface area (Å²) in [5, 5.41) is 22.1. The molecule has 152 valence electrons. The minimum absolute atomic E-state index is 0.00840. The quantitative estimate of drug-likeness (QED) is 0.470. The molecule has 9 heteroatoms. The summed E-state index contributed by atoms with van der Waals surface area (Å²) in [6.07, 6.45) is 5.43. The van der Waals surface area contributed by atoms with E-state index >= 15 is 0 Å². The van der Waals surface area contributed by atoms with Gasteiger partial charge in [-0.3, -0.25) is 9.89 Å². The number of thiophene rings is 1. The van der Waals surface area contributed by atoms with Crippen molar-refractivity contribution in [2.24, 2.45) is 5.92 Å². The fraction of sp³-hybridized carbons (Fsp3) is 0.333. The number of nitrogens with one attached hydrogen (secondary N) is 2. The van der Waals surface area contributed by atoms with Crippen molar-refractivity contribution in [1.29, 1.82) is 0 Å². The van der Waals surface area contributed by atoms with Crippen LogP contribution < -0.4 is 5.32 Å². The van der Waals surface area contributed by atoms with Crippen LogP contribution in [0.3, 0.4) is 0 Å². The largest absolute Gasteiger partial charge is 0.389 e. The fourth-order valence-electron chi connectivity index (χ4n) is 4.47. The van der Waals surface area contributed by atoms with Crippen molar-refractivity contribution >= 4 is 49.9 Å². The number of carbonyl (C=O) groups is 1. The zero-order chi connectivity index (χ0) is 20.2. The molecule has 1 amide bonds. The van der Waals surface area contributed by atoms with Gasteiger partial charge in [-0.1, -0.05) is 0 Å². The van der Waals surface area contributed by atoms with Crippen molar-refractivity contribution in [3.63, 3.8) is 0 Å². The average Bonchev–Trinajstić information content (AvgIpc) is 3.34. The number of amides is 1. The summed E-state index contributed by atoms with van der Waals surface area (Å²) < 4.78 is 0. The van der Waals surface area contributed by atoms with Gasteiger partial charge in [0.05, 0.1) is 23.2 Å². The van der Waals surface area contributed by atoms with Gasteiger partial charge in [0.1, 0.15) is 17.0 Å². The van der Waals surface area contributed by atoms with Crippen LogP contribution in [0.2, 0.25) is 0 Å². The number of aliphatic hydroxyl groups excluding tert-OH is 1. The highest BCUT2D eigenvalue weighted by molar-refractivity contribution is 7.19. The van der Waals surface area contributed by atoms with E-state index < -0.39 is 0 Å². The summed E-state index contributed by atoms with van der Waals surface area (Å²) in [6, 6.07) is 6.04. The molecule has 3 aromatic heterocycles. The molecule has 30 heavy (non-hydrogen) atoms. The number of aliphatic hydroxyl groups is 1. The maximum atomic E-state index is 12.7. The molecule has 2 aliphatic rings. The lowest BCUT2D eigenvalue weighted by molar-refractivity contribution is -0.146. The molecule has 4 aromatic rings. The topological polar surface area (TPSA) is 107 Å². The van der Waals surface area contributed by atoms with E-state index in [1.54, 1.807) is 28.8 Å². The second kappa shape index (κ2) is 6.75. The number of benzene rings is 1. The van der Waals surface area contributed by atoms with Crippen molar-refractivity contribution in [2.75, 3.05) is 18.4 Å². The number of anilines is 2. The van der Waals surface area contributed by atoms with Crippen LogP contribution in [-0.2, 0) is 17.6 Å². The minimum Gasteiger partial charge on any atom is -0.389 e. The maximum Gasteiger partial charge on any atom is 0.226 e. The maximum absolute atomic E-state index is 12.7. The van der Waals surface area contributed by atoms with E-state index in [-0.39, 0.29) is 17.9 Å². The lowest BCUT2D eigenvalue weighted by Gasteiger charge is -2.38. The van der Waals surface area contributed by atoms with E-state index in [9.17, 15) is 9.90 Å². The third kappa shape index (κ3) is 2.85. The monoisotopic (exact) mass is 420 g/mol. The van der Waals surface area contributed by atoms with Crippen molar-refractivity contribution < 1.29 is 9.90 Å². The molecular weight excluding hydrogens is 400 g/mol. The van der Waals surface area contributed by atoms with Gasteiger partial charge in [-0.2, -0.15) is 5.10 Å². The van der Waals surface area contributed by atoms with Crippen LogP contribution in [0.15, 0.2) is 30.7 Å². The third-order valence-electron chi connectivity index (χ3n) is 6.07. The number of aromatic nitrogens is 4. The Morgan fingerprint density at radius 3 is 3.07 bits per heavy atom. The van der Waals surface area contributed by atoms with Crippen molar-refractivity contribution in [3.8, 4) is 0 Å². The number of rotatable bonds is 3. The van der Waals surface area contributed by atoms with Gasteiger partial charge in [-0.15, -0.1) is 11.3 Å². The molecule has 1 fully saturated rings. The van der Waals surface area contributed by atoms with Crippen LogP contribution in [0.1, 0.15) is 16.9 Å². The SMILES string of the molecule is O=C(C1CCc2c(sc3ncnc(Nc4ccc5[nH]ncc5c4)c23)C1)N1CC(O)C1. The zero-order valence-corrected chi connectivity index (χ0v) is 16.9. The Bertz CT molecular complexity index is 1280. The van der Waals surface area contributed by atoms with Crippen molar-refractivity contribution in [3.05, 3.63) is 41.2 Å². The molecule has 1 unspecified atom stereocenters. The van der Waals surface area contributed by atoms with E-state index in [2.05, 4.69) is 25.5 Å². The highest BCUT2D eigenvalue weighted by atomic mass is 32.1. The van der Waals surface area contributed by atoms with Gasteiger partial charge in [-0.25, -0.2) is 9.97 Å². The smallest absolute Gasteiger partial charge is 0.226 e. The first kappa shape index (κ1) is 17.8. The van der Waals surface area contributed by atoms with E-state index in [1.807, 2.05) is 18.2 Å². The van der Waals surface area contributed by atoms with E-state index in [0.717, 1.165) is 51.9 Å². The number of likely N-dealkylation sites (tertiary alicyclic amines) is 1.